The maximum Gasteiger partial charge on any atom is 0.308 e. The molecule has 1 N–H and O–H groups in total. The SMILES string of the molecule is CCOC(=O)C[C@H](NC(=O)c1ccc(C(C)(C)C)cc1)c1ccc(OCC)cc1. The fraction of sp³-hybridized carbons (Fsp3) is 0.417. The quantitative estimate of drug-likeness (QED) is 0.650. The summed E-state index contributed by atoms with van der Waals surface area (Å²) in [6, 6.07) is 14.5. The molecule has 0 fully saturated rings. The van der Waals surface area contributed by atoms with Gasteiger partial charge in [0.1, 0.15) is 5.75 Å². The largest absolute Gasteiger partial charge is 0.494 e. The highest BCUT2D eigenvalue weighted by atomic mass is 16.5. The first kappa shape index (κ1) is 22.5. The molecular formula is C24H31NO4. The summed E-state index contributed by atoms with van der Waals surface area (Å²) in [6.45, 7) is 10.9. The summed E-state index contributed by atoms with van der Waals surface area (Å²) in [4.78, 5) is 24.9. The van der Waals surface area contributed by atoms with Crippen LogP contribution in [0, 0.1) is 0 Å². The van der Waals surface area contributed by atoms with E-state index in [0.717, 1.165) is 16.9 Å². The van der Waals surface area contributed by atoms with Crippen LogP contribution in [0.3, 0.4) is 0 Å². The van der Waals surface area contributed by atoms with E-state index in [1.807, 2.05) is 55.5 Å². The summed E-state index contributed by atoms with van der Waals surface area (Å²) in [6.07, 6.45) is 0.0631. The molecule has 5 nitrogen and oxygen atoms in total. The molecule has 0 aromatic heterocycles. The fourth-order valence-electron chi connectivity index (χ4n) is 2.97. The number of rotatable bonds is 8. The van der Waals surface area contributed by atoms with Crippen LogP contribution in [0.1, 0.15) is 68.6 Å². The lowest BCUT2D eigenvalue weighted by Gasteiger charge is -2.21. The van der Waals surface area contributed by atoms with Gasteiger partial charge in [-0.1, -0.05) is 45.0 Å². The number of ether oxygens (including phenoxy) is 2. The molecule has 156 valence electrons. The summed E-state index contributed by atoms with van der Waals surface area (Å²) < 4.78 is 10.6. The maximum atomic E-state index is 12.8. The fourth-order valence-corrected chi connectivity index (χ4v) is 2.97. The second kappa shape index (κ2) is 10.1. The second-order valence-corrected chi connectivity index (χ2v) is 7.86. The van der Waals surface area contributed by atoms with Gasteiger partial charge in [0.2, 0.25) is 0 Å². The monoisotopic (exact) mass is 397 g/mol. The predicted octanol–water partition coefficient (Wildman–Crippen LogP) is 4.81. The molecule has 2 aromatic carbocycles. The van der Waals surface area contributed by atoms with Crippen molar-refractivity contribution in [1.82, 2.24) is 5.32 Å². The predicted molar refractivity (Wildman–Crippen MR) is 114 cm³/mol. The van der Waals surface area contributed by atoms with E-state index in [1.165, 1.54) is 0 Å². The van der Waals surface area contributed by atoms with Gasteiger partial charge in [-0.15, -0.1) is 0 Å². The highest BCUT2D eigenvalue weighted by Crippen LogP contribution is 2.24. The molecule has 0 radical (unpaired) electrons. The van der Waals surface area contributed by atoms with Crippen molar-refractivity contribution in [1.29, 1.82) is 0 Å². The molecule has 29 heavy (non-hydrogen) atoms. The van der Waals surface area contributed by atoms with Crippen molar-refractivity contribution in [2.24, 2.45) is 0 Å². The average molecular weight is 398 g/mol. The molecule has 2 aromatic rings. The Bertz CT molecular complexity index is 804. The molecule has 2 rings (SSSR count). The highest BCUT2D eigenvalue weighted by molar-refractivity contribution is 5.94. The van der Waals surface area contributed by atoms with Crippen LogP contribution in [0.2, 0.25) is 0 Å². The van der Waals surface area contributed by atoms with Gasteiger partial charge in [-0.25, -0.2) is 0 Å². The lowest BCUT2D eigenvalue weighted by molar-refractivity contribution is -0.143. The topological polar surface area (TPSA) is 64.6 Å². The Hall–Kier alpha value is -2.82. The number of hydrogen-bond acceptors (Lipinski definition) is 4. The third kappa shape index (κ3) is 6.63. The van der Waals surface area contributed by atoms with Gasteiger partial charge in [0, 0.05) is 5.56 Å². The Balaban J connectivity index is 2.19. The molecule has 0 spiro atoms. The van der Waals surface area contributed by atoms with Crippen molar-refractivity contribution in [2.75, 3.05) is 13.2 Å². The van der Waals surface area contributed by atoms with Gasteiger partial charge in [0.05, 0.1) is 25.7 Å². The van der Waals surface area contributed by atoms with E-state index in [1.54, 1.807) is 6.92 Å². The third-order valence-corrected chi connectivity index (χ3v) is 4.59. The van der Waals surface area contributed by atoms with Crippen LogP contribution in [0.25, 0.3) is 0 Å². The molecule has 1 atom stereocenters. The molecule has 0 aliphatic rings. The molecule has 0 aliphatic heterocycles. The summed E-state index contributed by atoms with van der Waals surface area (Å²) in [7, 11) is 0. The minimum atomic E-state index is -0.487. The third-order valence-electron chi connectivity index (χ3n) is 4.59. The van der Waals surface area contributed by atoms with Gasteiger partial charge in [-0.3, -0.25) is 9.59 Å². The molecule has 5 heteroatoms. The Morgan fingerprint density at radius 3 is 2.07 bits per heavy atom. The summed E-state index contributed by atoms with van der Waals surface area (Å²) in [5.41, 5.74) is 2.55. The van der Waals surface area contributed by atoms with Crippen LogP contribution in [0.5, 0.6) is 5.75 Å². The zero-order chi connectivity index (χ0) is 21.4. The number of carbonyl (C=O) groups is 2. The lowest BCUT2D eigenvalue weighted by atomic mass is 9.86. The first-order chi connectivity index (χ1) is 13.7. The van der Waals surface area contributed by atoms with Crippen molar-refractivity contribution in [3.05, 3.63) is 65.2 Å². The zero-order valence-electron chi connectivity index (χ0n) is 18.0. The van der Waals surface area contributed by atoms with Gasteiger partial charge < -0.3 is 14.8 Å². The van der Waals surface area contributed by atoms with Crippen molar-refractivity contribution in [3.63, 3.8) is 0 Å². The minimum absolute atomic E-state index is 0.0176. The lowest BCUT2D eigenvalue weighted by Crippen LogP contribution is -2.30. The summed E-state index contributed by atoms with van der Waals surface area (Å²) in [5, 5.41) is 2.97. The number of amides is 1. The normalized spacial score (nSPS) is 12.2. The van der Waals surface area contributed by atoms with E-state index >= 15 is 0 Å². The maximum absolute atomic E-state index is 12.8. The Labute approximate surface area is 173 Å². The van der Waals surface area contributed by atoms with E-state index in [0.29, 0.717) is 18.8 Å². The van der Waals surface area contributed by atoms with E-state index in [9.17, 15) is 9.59 Å². The molecular weight excluding hydrogens is 366 g/mol. The summed E-state index contributed by atoms with van der Waals surface area (Å²) in [5.74, 6) is 0.165. The number of hydrogen-bond donors (Lipinski definition) is 1. The molecule has 0 saturated carbocycles. The number of esters is 1. The summed E-state index contributed by atoms with van der Waals surface area (Å²) >= 11 is 0. The molecule has 0 unspecified atom stereocenters. The van der Waals surface area contributed by atoms with E-state index < -0.39 is 6.04 Å². The Morgan fingerprint density at radius 1 is 0.931 bits per heavy atom. The number of carbonyl (C=O) groups excluding carboxylic acids is 2. The Kier molecular flexibility index (Phi) is 7.82. The smallest absolute Gasteiger partial charge is 0.308 e. The van der Waals surface area contributed by atoms with Crippen molar-refractivity contribution < 1.29 is 19.1 Å². The van der Waals surface area contributed by atoms with Crippen LogP contribution >= 0.6 is 0 Å². The standard InChI is InChI=1S/C24H31NO4/c1-6-28-20-14-10-17(11-15-20)21(16-22(26)29-7-2)25-23(27)18-8-12-19(13-9-18)24(3,4)5/h8-15,21H,6-7,16H2,1-5H3,(H,25,27)/t21-/m0/s1. The van der Waals surface area contributed by atoms with Gasteiger partial charge in [-0.2, -0.15) is 0 Å². The van der Waals surface area contributed by atoms with Crippen molar-refractivity contribution in [3.8, 4) is 5.75 Å². The molecule has 1 amide bonds. The van der Waals surface area contributed by atoms with Gasteiger partial charge in [-0.05, 0) is 54.7 Å². The van der Waals surface area contributed by atoms with Crippen LogP contribution in [0.15, 0.2) is 48.5 Å². The van der Waals surface area contributed by atoms with Crippen molar-refractivity contribution in [2.45, 2.75) is 52.5 Å². The van der Waals surface area contributed by atoms with Gasteiger partial charge in [0.15, 0.2) is 0 Å². The molecule has 0 saturated heterocycles. The number of nitrogens with one attached hydrogen (secondary N) is 1. The molecule has 0 bridgehead atoms. The number of benzene rings is 2. The van der Waals surface area contributed by atoms with Crippen LogP contribution in [-0.2, 0) is 14.9 Å². The van der Waals surface area contributed by atoms with E-state index in [-0.39, 0.29) is 23.7 Å². The van der Waals surface area contributed by atoms with Gasteiger partial charge >= 0.3 is 5.97 Å². The molecule has 0 heterocycles. The van der Waals surface area contributed by atoms with Crippen molar-refractivity contribution >= 4 is 11.9 Å². The first-order valence-corrected chi connectivity index (χ1v) is 10.0. The average Bonchev–Trinajstić information content (AvgIpc) is 2.68. The second-order valence-electron chi connectivity index (χ2n) is 7.86. The highest BCUT2D eigenvalue weighted by Gasteiger charge is 2.21. The van der Waals surface area contributed by atoms with E-state index in [2.05, 4.69) is 26.1 Å². The Morgan fingerprint density at radius 2 is 1.55 bits per heavy atom. The first-order valence-electron chi connectivity index (χ1n) is 10.0. The minimum Gasteiger partial charge on any atom is -0.494 e. The van der Waals surface area contributed by atoms with Crippen LogP contribution in [0.4, 0.5) is 0 Å². The van der Waals surface area contributed by atoms with Crippen LogP contribution in [-0.4, -0.2) is 25.1 Å². The zero-order valence-corrected chi connectivity index (χ0v) is 18.0. The van der Waals surface area contributed by atoms with E-state index in [4.69, 9.17) is 9.47 Å². The molecule has 0 aliphatic carbocycles. The van der Waals surface area contributed by atoms with Gasteiger partial charge in [0.25, 0.3) is 5.91 Å². The van der Waals surface area contributed by atoms with Crippen LogP contribution < -0.4 is 10.1 Å².